The minimum absolute atomic E-state index is 0.0842. The van der Waals surface area contributed by atoms with Gasteiger partial charge in [0.1, 0.15) is 9.88 Å². The van der Waals surface area contributed by atoms with Crippen LogP contribution >= 0.6 is 11.3 Å². The summed E-state index contributed by atoms with van der Waals surface area (Å²) in [5, 5.41) is 2.82. The van der Waals surface area contributed by atoms with E-state index < -0.39 is 29.7 Å². The minimum atomic E-state index is -0.668. The normalized spacial score (nSPS) is 12.4. The van der Waals surface area contributed by atoms with E-state index in [0.717, 1.165) is 16.2 Å². The number of hydrogen-bond acceptors (Lipinski definition) is 8. The zero-order valence-corrected chi connectivity index (χ0v) is 20.6. The Kier molecular flexibility index (Phi) is 6.98. The van der Waals surface area contributed by atoms with E-state index in [2.05, 4.69) is 5.32 Å². The highest BCUT2D eigenvalue weighted by Crippen LogP contribution is 2.35. The molecular formula is C26H22N2O7S. The van der Waals surface area contributed by atoms with E-state index >= 15 is 0 Å². The van der Waals surface area contributed by atoms with Crippen LogP contribution in [-0.4, -0.2) is 42.9 Å². The Balaban J connectivity index is 1.59. The average Bonchev–Trinajstić information content (AvgIpc) is 3.32. The molecule has 1 aliphatic heterocycles. The van der Waals surface area contributed by atoms with Crippen LogP contribution in [0.15, 0.2) is 48.5 Å². The van der Waals surface area contributed by atoms with Crippen molar-refractivity contribution in [3.63, 3.8) is 0 Å². The highest BCUT2D eigenvalue weighted by atomic mass is 32.1. The summed E-state index contributed by atoms with van der Waals surface area (Å²) in [4.78, 5) is 64.5. The number of ether oxygens (including phenoxy) is 2. The first-order chi connectivity index (χ1) is 17.3. The molecule has 36 heavy (non-hydrogen) atoms. The standard InChI is InChI=1S/C26H22N2O7S/c1-4-34-25(32)19-14(3)20(26(33)35-5-2)36-22(19)27-21(29)15-10-12-16(13-11-15)28-23(30)17-8-6-7-9-18(17)24(28)31/h6-13H,4-5H2,1-3H3,(H,27,29). The van der Waals surface area contributed by atoms with Gasteiger partial charge in [-0.2, -0.15) is 0 Å². The lowest BCUT2D eigenvalue weighted by Gasteiger charge is -2.14. The van der Waals surface area contributed by atoms with Gasteiger partial charge in [0.05, 0.1) is 35.6 Å². The number of fused-ring (bicyclic) bond motifs is 1. The van der Waals surface area contributed by atoms with Crippen LogP contribution in [0.4, 0.5) is 10.7 Å². The van der Waals surface area contributed by atoms with Gasteiger partial charge in [0.2, 0.25) is 0 Å². The second-order valence-corrected chi connectivity index (χ2v) is 8.71. The van der Waals surface area contributed by atoms with Gasteiger partial charge in [-0.3, -0.25) is 14.4 Å². The van der Waals surface area contributed by atoms with Crippen LogP contribution in [-0.2, 0) is 9.47 Å². The number of anilines is 2. The van der Waals surface area contributed by atoms with Gasteiger partial charge >= 0.3 is 11.9 Å². The van der Waals surface area contributed by atoms with Gasteiger partial charge in [-0.15, -0.1) is 11.3 Å². The number of hydrogen-bond donors (Lipinski definition) is 1. The van der Waals surface area contributed by atoms with E-state index in [1.165, 1.54) is 24.3 Å². The van der Waals surface area contributed by atoms with Gasteiger partial charge < -0.3 is 14.8 Å². The molecule has 1 aromatic heterocycles. The molecule has 0 atom stereocenters. The molecule has 2 heterocycles. The maximum absolute atomic E-state index is 13.0. The summed E-state index contributed by atoms with van der Waals surface area (Å²) in [7, 11) is 0. The van der Waals surface area contributed by atoms with Gasteiger partial charge in [0, 0.05) is 5.56 Å². The van der Waals surface area contributed by atoms with Gasteiger partial charge in [0.15, 0.2) is 0 Å². The molecule has 1 aliphatic rings. The molecule has 0 spiro atoms. The summed E-state index contributed by atoms with van der Waals surface area (Å²) in [6.07, 6.45) is 0. The Bertz CT molecular complexity index is 1360. The molecule has 0 aliphatic carbocycles. The number of thiophene rings is 1. The first-order valence-electron chi connectivity index (χ1n) is 11.1. The number of rotatable bonds is 7. The van der Waals surface area contributed by atoms with Crippen molar-refractivity contribution in [2.24, 2.45) is 0 Å². The van der Waals surface area contributed by atoms with Crippen LogP contribution in [0.1, 0.15) is 70.5 Å². The van der Waals surface area contributed by atoms with Crippen LogP contribution in [0.3, 0.4) is 0 Å². The molecule has 2 aromatic carbocycles. The van der Waals surface area contributed by atoms with E-state index in [-0.39, 0.29) is 34.2 Å². The van der Waals surface area contributed by atoms with E-state index in [0.29, 0.717) is 22.4 Å². The third-order valence-corrected chi connectivity index (χ3v) is 6.68. The lowest BCUT2D eigenvalue weighted by atomic mass is 10.1. The van der Waals surface area contributed by atoms with Gasteiger partial charge in [-0.1, -0.05) is 12.1 Å². The van der Waals surface area contributed by atoms with Crippen molar-refractivity contribution >= 4 is 51.7 Å². The third-order valence-electron chi connectivity index (χ3n) is 5.50. The summed E-state index contributed by atoms with van der Waals surface area (Å²) in [5.41, 5.74) is 1.62. The average molecular weight is 507 g/mol. The molecule has 0 unspecified atom stereocenters. The Hall–Kier alpha value is -4.31. The smallest absolute Gasteiger partial charge is 0.348 e. The number of amides is 3. The maximum Gasteiger partial charge on any atom is 0.348 e. The zero-order chi connectivity index (χ0) is 26.0. The van der Waals surface area contributed by atoms with Gasteiger partial charge in [0.25, 0.3) is 17.7 Å². The largest absolute Gasteiger partial charge is 0.462 e. The molecule has 3 aromatic rings. The maximum atomic E-state index is 13.0. The lowest BCUT2D eigenvalue weighted by Crippen LogP contribution is -2.29. The molecule has 9 nitrogen and oxygen atoms in total. The highest BCUT2D eigenvalue weighted by Gasteiger charge is 2.36. The fourth-order valence-electron chi connectivity index (χ4n) is 3.80. The predicted molar refractivity (Wildman–Crippen MR) is 133 cm³/mol. The summed E-state index contributed by atoms with van der Waals surface area (Å²) in [6, 6.07) is 12.5. The molecule has 0 fully saturated rings. The van der Waals surface area contributed by atoms with Crippen molar-refractivity contribution in [2.45, 2.75) is 20.8 Å². The molecular weight excluding hydrogens is 484 g/mol. The minimum Gasteiger partial charge on any atom is -0.462 e. The molecule has 0 saturated carbocycles. The van der Waals surface area contributed by atoms with E-state index in [1.807, 2.05) is 0 Å². The molecule has 0 bridgehead atoms. The summed E-state index contributed by atoms with van der Waals surface area (Å²) in [6.45, 7) is 5.19. The Morgan fingerprint density at radius 2 is 1.42 bits per heavy atom. The van der Waals surface area contributed by atoms with Crippen molar-refractivity contribution < 1.29 is 33.4 Å². The van der Waals surface area contributed by atoms with Crippen molar-refractivity contribution in [3.05, 3.63) is 81.2 Å². The molecule has 0 radical (unpaired) electrons. The second-order valence-electron chi connectivity index (χ2n) is 7.69. The topological polar surface area (TPSA) is 119 Å². The van der Waals surface area contributed by atoms with E-state index in [9.17, 15) is 24.0 Å². The van der Waals surface area contributed by atoms with Crippen molar-refractivity contribution in [1.82, 2.24) is 0 Å². The number of nitrogens with one attached hydrogen (secondary N) is 1. The first-order valence-corrected chi connectivity index (χ1v) is 12.0. The number of imide groups is 1. The summed E-state index contributed by atoms with van der Waals surface area (Å²) < 4.78 is 10.2. The van der Waals surface area contributed by atoms with Crippen LogP contribution < -0.4 is 10.2 Å². The number of nitrogens with zero attached hydrogens (tertiary/aromatic N) is 1. The molecule has 1 N–H and O–H groups in total. The summed E-state index contributed by atoms with van der Waals surface area (Å²) in [5.74, 6) is -2.69. The number of benzene rings is 2. The second kappa shape index (κ2) is 10.1. The van der Waals surface area contributed by atoms with Crippen molar-refractivity contribution in [1.29, 1.82) is 0 Å². The van der Waals surface area contributed by atoms with Crippen molar-refractivity contribution in [2.75, 3.05) is 23.4 Å². The predicted octanol–water partition coefficient (Wildman–Crippen LogP) is 4.46. The van der Waals surface area contributed by atoms with Crippen LogP contribution in [0.5, 0.6) is 0 Å². The summed E-state index contributed by atoms with van der Waals surface area (Å²) >= 11 is 0.924. The van der Waals surface area contributed by atoms with Crippen LogP contribution in [0.2, 0.25) is 0 Å². The molecule has 3 amide bonds. The fraction of sp³-hybridized carbons (Fsp3) is 0.192. The Morgan fingerprint density at radius 1 is 0.861 bits per heavy atom. The molecule has 0 saturated heterocycles. The lowest BCUT2D eigenvalue weighted by molar-refractivity contribution is 0.0527. The quantitative estimate of drug-likeness (QED) is 0.371. The molecule has 4 rings (SSSR count). The number of carbonyl (C=O) groups excluding carboxylic acids is 5. The number of carbonyl (C=O) groups is 5. The van der Waals surface area contributed by atoms with Gasteiger partial charge in [-0.25, -0.2) is 14.5 Å². The first kappa shape index (κ1) is 24.8. The number of esters is 2. The Morgan fingerprint density at radius 3 is 1.97 bits per heavy atom. The van der Waals surface area contributed by atoms with E-state index in [4.69, 9.17) is 9.47 Å². The van der Waals surface area contributed by atoms with E-state index in [1.54, 1.807) is 45.0 Å². The van der Waals surface area contributed by atoms with Crippen LogP contribution in [0.25, 0.3) is 0 Å². The fourth-order valence-corrected chi connectivity index (χ4v) is 4.89. The van der Waals surface area contributed by atoms with Gasteiger partial charge in [-0.05, 0) is 62.7 Å². The van der Waals surface area contributed by atoms with Crippen LogP contribution in [0, 0.1) is 6.92 Å². The van der Waals surface area contributed by atoms with Crippen molar-refractivity contribution in [3.8, 4) is 0 Å². The highest BCUT2D eigenvalue weighted by molar-refractivity contribution is 7.18. The SMILES string of the molecule is CCOC(=O)c1sc(NC(=O)c2ccc(N3C(=O)c4ccccc4C3=O)cc2)c(C(=O)OCC)c1C. The molecule has 184 valence electrons. The molecule has 10 heteroatoms. The third kappa shape index (κ3) is 4.38. The monoisotopic (exact) mass is 506 g/mol. The zero-order valence-electron chi connectivity index (χ0n) is 19.7. The Labute approximate surface area is 210 Å².